The molecule has 0 aliphatic carbocycles. The molecule has 0 fully saturated rings. The number of unbranched alkanes of at least 4 members (excludes halogenated alkanes) is 9. The Bertz CT molecular complexity index is 723. The number of hydrogen-bond donors (Lipinski definition) is 0. The summed E-state index contributed by atoms with van der Waals surface area (Å²) >= 11 is 0. The first kappa shape index (κ1) is 53.2. The van der Waals surface area contributed by atoms with Crippen LogP contribution in [-0.2, 0) is 13.3 Å². The molecule has 0 spiro atoms. The Morgan fingerprint density at radius 1 is 0.288 bits per heavy atom. The van der Waals surface area contributed by atoms with Crippen molar-refractivity contribution < 1.29 is 13.3 Å². The summed E-state index contributed by atoms with van der Waals surface area (Å²) in [6, 6.07) is 0. The van der Waals surface area contributed by atoms with E-state index in [0.29, 0.717) is 17.0 Å². The quantitative estimate of drug-likeness (QED) is 0.0467. The molecule has 52 heavy (non-hydrogen) atoms. The molecule has 7 heteroatoms. The predicted octanol–water partition coefficient (Wildman–Crippen LogP) is 16.9. The van der Waals surface area contributed by atoms with E-state index < -0.39 is 27.8 Å². The fourth-order valence-corrected chi connectivity index (χ4v) is 29.6. The van der Waals surface area contributed by atoms with Crippen LogP contribution < -0.4 is 0 Å². The Kier molecular flexibility index (Phi) is 26.2. The summed E-state index contributed by atoms with van der Waals surface area (Å²) in [4.78, 5) is 0. The van der Waals surface area contributed by atoms with Gasteiger partial charge in [0.25, 0.3) is 0 Å². The molecule has 0 N–H and O–H groups in total. The normalized spacial score (nSPS) is 15.5. The average molecular weight is 795 g/mol. The number of hydrogen-bond acceptors (Lipinski definition) is 3. The van der Waals surface area contributed by atoms with E-state index in [-0.39, 0.29) is 0 Å². The minimum atomic E-state index is -2.80. The van der Waals surface area contributed by atoms with Gasteiger partial charge >= 0.3 is 333 Å². The molecule has 0 bridgehead atoms. The summed E-state index contributed by atoms with van der Waals surface area (Å²) in [5, 5.41) is 0. The molecule has 0 atom stereocenters. The van der Waals surface area contributed by atoms with E-state index >= 15 is 0 Å². The van der Waals surface area contributed by atoms with Crippen molar-refractivity contribution in [2.75, 3.05) is 55.5 Å². The number of rotatable bonds is 36. The van der Waals surface area contributed by atoms with E-state index in [2.05, 4.69) is 104 Å². The summed E-state index contributed by atoms with van der Waals surface area (Å²) in [6.45, 7) is 28.5. The summed E-state index contributed by atoms with van der Waals surface area (Å²) in [6.07, 6.45) is 33.4. The zero-order valence-electron chi connectivity index (χ0n) is 39.0. The second kappa shape index (κ2) is 25.6. The van der Waals surface area contributed by atoms with E-state index in [0.717, 1.165) is 0 Å². The van der Waals surface area contributed by atoms with Crippen LogP contribution in [0.15, 0.2) is 0 Å². The van der Waals surface area contributed by atoms with Gasteiger partial charge < -0.3 is 0 Å². The van der Waals surface area contributed by atoms with Gasteiger partial charge in [-0.25, -0.2) is 0 Å². The molecule has 0 aliphatic rings. The third-order valence-electron chi connectivity index (χ3n) is 14.5. The Hall–Kier alpha value is 1.23. The van der Waals surface area contributed by atoms with Crippen molar-refractivity contribution in [2.24, 2.45) is 0 Å². The van der Waals surface area contributed by atoms with Gasteiger partial charge in [-0.3, -0.25) is 0 Å². The molecule has 0 aliphatic heterocycles. The molecule has 0 aromatic carbocycles. The predicted molar refractivity (Wildman–Crippen MR) is 253 cm³/mol. The molecule has 3 nitrogen and oxygen atoms in total. The second-order valence-corrected chi connectivity index (χ2v) is 36.7. The van der Waals surface area contributed by atoms with Crippen LogP contribution in [0, 0.1) is 0 Å². The van der Waals surface area contributed by atoms with Crippen LogP contribution in [0.2, 0.25) is 0 Å². The van der Waals surface area contributed by atoms with Crippen LogP contribution in [0.4, 0.5) is 0 Å². The molecule has 0 radical (unpaired) electrons. The van der Waals surface area contributed by atoms with Crippen molar-refractivity contribution in [1.29, 1.82) is 0 Å². The van der Waals surface area contributed by atoms with Gasteiger partial charge in [-0.1, -0.05) is 0 Å². The third kappa shape index (κ3) is 13.7. The summed E-state index contributed by atoms with van der Waals surface area (Å²) in [7, 11) is -0.540. The van der Waals surface area contributed by atoms with Crippen molar-refractivity contribution in [1.82, 2.24) is 0 Å². The van der Waals surface area contributed by atoms with Gasteiger partial charge in [0.2, 0.25) is 0 Å². The minimum absolute atomic E-state index is 0.504. The van der Waals surface area contributed by atoms with Crippen LogP contribution in [0.5, 0.6) is 0 Å². The topological polar surface area (TPSA) is 27.7 Å². The molecule has 318 valence electrons. The van der Waals surface area contributed by atoms with Crippen molar-refractivity contribution in [3.05, 3.63) is 0 Å². The van der Waals surface area contributed by atoms with Gasteiger partial charge in [-0.2, -0.15) is 0 Å². The van der Waals surface area contributed by atoms with Crippen molar-refractivity contribution in [2.45, 2.75) is 236 Å². The zero-order chi connectivity index (χ0) is 39.9. The summed E-state index contributed by atoms with van der Waals surface area (Å²) in [5.74, 6) is 0. The van der Waals surface area contributed by atoms with E-state index in [9.17, 15) is 0 Å². The molecule has 0 heterocycles. The molecule has 0 aromatic rings. The van der Waals surface area contributed by atoms with Crippen LogP contribution in [0.25, 0.3) is 0 Å². The summed E-state index contributed by atoms with van der Waals surface area (Å²) < 4.78 is 25.5. The summed E-state index contributed by atoms with van der Waals surface area (Å²) in [5.41, 5.74) is 1.51. The maximum atomic E-state index is 8.49. The molecule has 0 saturated heterocycles. The van der Waals surface area contributed by atoms with Crippen LogP contribution in [0.1, 0.15) is 219 Å². The molecule has 0 rings (SSSR count). The Morgan fingerprint density at radius 3 is 0.519 bits per heavy atom. The molecule has 0 saturated carbocycles. The maximum absolute atomic E-state index is 8.49. The molecule has 0 unspecified atom stereocenters. The average Bonchev–Trinajstić information content (AvgIpc) is 3.13. The van der Waals surface area contributed by atoms with Gasteiger partial charge in [0.1, 0.15) is 0 Å². The van der Waals surface area contributed by atoms with Crippen LogP contribution in [-0.4, -0.2) is 79.8 Å². The Morgan fingerprint density at radius 2 is 0.423 bits per heavy atom. The van der Waals surface area contributed by atoms with Gasteiger partial charge in [0.05, 0.1) is 0 Å². The third-order valence-corrected chi connectivity index (χ3v) is 37.0. The first-order chi connectivity index (χ1) is 24.6. The SMILES string of the molecule is CCCCP(CCCC)(CCCC)(OB(OP(CCCC)(CCCC)(CCCC)C(C)C)OP(CCCC)(CCCC)(CCCC)C(C)C)C(C)C. The monoisotopic (exact) mass is 795 g/mol. The first-order valence-corrected chi connectivity index (χ1v) is 32.0. The van der Waals surface area contributed by atoms with Gasteiger partial charge in [0, 0.05) is 0 Å². The van der Waals surface area contributed by atoms with E-state index in [1.165, 1.54) is 171 Å². The molecule has 0 aromatic heterocycles. The van der Waals surface area contributed by atoms with Crippen molar-refractivity contribution >= 4 is 27.8 Å². The fraction of sp³-hybridized carbons (Fsp3) is 1.00. The second-order valence-electron chi connectivity index (χ2n) is 18.7. The molecule has 0 amide bonds. The van der Waals surface area contributed by atoms with Crippen LogP contribution in [0.3, 0.4) is 0 Å². The first-order valence-electron chi connectivity index (χ1n) is 23.7. The van der Waals surface area contributed by atoms with Gasteiger partial charge in [-0.05, 0) is 0 Å². The van der Waals surface area contributed by atoms with Gasteiger partial charge in [-0.15, -0.1) is 0 Å². The Balaban J connectivity index is 8.60. The fourth-order valence-electron chi connectivity index (χ4n) is 9.76. The van der Waals surface area contributed by atoms with E-state index in [1.807, 2.05) is 0 Å². The van der Waals surface area contributed by atoms with Crippen LogP contribution >= 0.6 is 20.5 Å². The van der Waals surface area contributed by atoms with Gasteiger partial charge in [0.15, 0.2) is 0 Å². The van der Waals surface area contributed by atoms with E-state index in [1.54, 1.807) is 0 Å². The standard InChI is InChI=1S/C45H102BO3P3/c1-16-25-34-50(43(10)11,35-26-17-2,36-27-18-3)47-46(48-51(44(12)13,37-28-19-4,38-29-20-5)39-30-21-6)49-52(45(14)15,40-31-22-7,41-32-23-8)42-33-24-9/h43-45H,16-42H2,1-15H3. The van der Waals surface area contributed by atoms with E-state index in [4.69, 9.17) is 13.3 Å². The molecular weight excluding hydrogens is 692 g/mol. The van der Waals surface area contributed by atoms with Crippen molar-refractivity contribution in [3.63, 3.8) is 0 Å². The molecular formula is C45H102BO3P3. The Labute approximate surface area is 331 Å². The zero-order valence-corrected chi connectivity index (χ0v) is 41.7. The van der Waals surface area contributed by atoms with Crippen molar-refractivity contribution in [3.8, 4) is 0 Å².